The number of hydrogen-bond acceptors (Lipinski definition) is 2. The summed E-state index contributed by atoms with van der Waals surface area (Å²) in [4.78, 5) is 11.5. The Hall–Kier alpha value is -1.32. The van der Waals surface area contributed by atoms with E-state index in [0.29, 0.717) is 16.3 Å². The average molecular weight is 281 g/mol. The van der Waals surface area contributed by atoms with Gasteiger partial charge < -0.3 is 0 Å². The third-order valence-corrected chi connectivity index (χ3v) is 3.85. The fourth-order valence-corrected chi connectivity index (χ4v) is 2.61. The molecule has 0 spiro atoms. The first-order chi connectivity index (χ1) is 8.69. The Bertz CT molecular complexity index is 554. The van der Waals surface area contributed by atoms with Crippen LogP contribution in [0.15, 0.2) is 47.4 Å². The Kier molecular flexibility index (Phi) is 4.39. The van der Waals surface area contributed by atoms with Gasteiger partial charge in [0.1, 0.15) is 12.1 Å². The number of carbonyl (C=O) groups excluding carboxylic acids is 1. The zero-order valence-corrected chi connectivity index (χ0v) is 11.0. The van der Waals surface area contributed by atoms with Crippen molar-refractivity contribution < 1.29 is 9.18 Å². The molecule has 0 aliphatic carbocycles. The summed E-state index contributed by atoms with van der Waals surface area (Å²) in [5.74, 6) is 0.308. The van der Waals surface area contributed by atoms with Crippen LogP contribution in [0, 0.1) is 5.82 Å². The number of rotatable bonds is 4. The highest BCUT2D eigenvalue weighted by Gasteiger charge is 2.03. The lowest BCUT2D eigenvalue weighted by Gasteiger charge is -2.04. The van der Waals surface area contributed by atoms with E-state index < -0.39 is 0 Å². The lowest BCUT2D eigenvalue weighted by molar-refractivity contribution is 0.112. The van der Waals surface area contributed by atoms with Crippen LogP contribution in [0.4, 0.5) is 4.39 Å². The summed E-state index contributed by atoms with van der Waals surface area (Å²) in [7, 11) is 0. The van der Waals surface area contributed by atoms with Crippen molar-refractivity contribution in [2.45, 2.75) is 10.6 Å². The molecule has 0 saturated carbocycles. The van der Waals surface area contributed by atoms with E-state index in [0.717, 1.165) is 16.7 Å². The Labute approximate surface area is 114 Å². The van der Waals surface area contributed by atoms with E-state index in [1.54, 1.807) is 30.0 Å². The summed E-state index contributed by atoms with van der Waals surface area (Å²) in [6, 6.07) is 11.6. The Morgan fingerprint density at radius 3 is 2.56 bits per heavy atom. The standard InChI is InChI=1S/C14H10ClFOS/c15-14-6-3-12(16)7-11(14)9-18-13-4-1-10(8-17)2-5-13/h1-8H,9H2. The second-order valence-electron chi connectivity index (χ2n) is 3.71. The first kappa shape index (κ1) is 13.1. The van der Waals surface area contributed by atoms with Gasteiger partial charge in [0, 0.05) is 21.2 Å². The highest BCUT2D eigenvalue weighted by atomic mass is 35.5. The summed E-state index contributed by atoms with van der Waals surface area (Å²) < 4.78 is 13.1. The molecule has 18 heavy (non-hydrogen) atoms. The molecule has 1 nitrogen and oxygen atoms in total. The minimum absolute atomic E-state index is 0.286. The molecule has 0 aliphatic rings. The van der Waals surface area contributed by atoms with Gasteiger partial charge in [0.2, 0.25) is 0 Å². The number of halogens is 2. The predicted molar refractivity (Wildman–Crippen MR) is 72.8 cm³/mol. The van der Waals surface area contributed by atoms with Crippen molar-refractivity contribution in [1.29, 1.82) is 0 Å². The second-order valence-corrected chi connectivity index (χ2v) is 5.17. The number of carbonyl (C=O) groups is 1. The van der Waals surface area contributed by atoms with E-state index >= 15 is 0 Å². The summed E-state index contributed by atoms with van der Waals surface area (Å²) in [5.41, 5.74) is 1.41. The lowest BCUT2D eigenvalue weighted by atomic mass is 10.2. The van der Waals surface area contributed by atoms with Gasteiger partial charge in [-0.25, -0.2) is 4.39 Å². The highest BCUT2D eigenvalue weighted by Crippen LogP contribution is 2.27. The molecule has 2 aromatic rings. The maximum Gasteiger partial charge on any atom is 0.150 e. The number of benzene rings is 2. The van der Waals surface area contributed by atoms with Gasteiger partial charge in [-0.2, -0.15) is 0 Å². The molecular formula is C14H10ClFOS. The lowest BCUT2D eigenvalue weighted by Crippen LogP contribution is -1.85. The summed E-state index contributed by atoms with van der Waals surface area (Å²) in [5, 5.41) is 0.563. The SMILES string of the molecule is O=Cc1ccc(SCc2cc(F)ccc2Cl)cc1. The molecule has 0 atom stereocenters. The first-order valence-corrected chi connectivity index (χ1v) is 6.67. The van der Waals surface area contributed by atoms with Crippen molar-refractivity contribution in [3.63, 3.8) is 0 Å². The smallest absolute Gasteiger partial charge is 0.150 e. The van der Waals surface area contributed by atoms with Crippen molar-refractivity contribution in [1.82, 2.24) is 0 Å². The first-order valence-electron chi connectivity index (χ1n) is 5.31. The molecule has 0 aliphatic heterocycles. The molecule has 0 saturated heterocycles. The molecule has 0 unspecified atom stereocenters. The zero-order valence-electron chi connectivity index (χ0n) is 9.40. The van der Waals surface area contributed by atoms with Crippen LogP contribution >= 0.6 is 23.4 Å². The fraction of sp³-hybridized carbons (Fsp3) is 0.0714. The molecule has 0 bridgehead atoms. The number of aldehydes is 1. The highest BCUT2D eigenvalue weighted by molar-refractivity contribution is 7.98. The molecule has 0 aromatic heterocycles. The minimum Gasteiger partial charge on any atom is -0.298 e. The summed E-state index contributed by atoms with van der Waals surface area (Å²) in [6.45, 7) is 0. The molecule has 0 heterocycles. The monoisotopic (exact) mass is 280 g/mol. The van der Waals surface area contributed by atoms with Crippen LogP contribution in [0.25, 0.3) is 0 Å². The van der Waals surface area contributed by atoms with Gasteiger partial charge in [-0.3, -0.25) is 4.79 Å². The van der Waals surface area contributed by atoms with Crippen LogP contribution in [0.3, 0.4) is 0 Å². The molecule has 0 N–H and O–H groups in total. The van der Waals surface area contributed by atoms with E-state index in [-0.39, 0.29) is 5.82 Å². The van der Waals surface area contributed by atoms with Gasteiger partial charge in [0.15, 0.2) is 0 Å². The van der Waals surface area contributed by atoms with Crippen molar-refractivity contribution in [3.05, 3.63) is 64.4 Å². The summed E-state index contributed by atoms with van der Waals surface area (Å²) in [6.07, 6.45) is 0.803. The Morgan fingerprint density at radius 2 is 1.89 bits per heavy atom. The van der Waals surface area contributed by atoms with Crippen LogP contribution in [-0.4, -0.2) is 6.29 Å². The molecule has 2 aromatic carbocycles. The molecule has 0 amide bonds. The van der Waals surface area contributed by atoms with Gasteiger partial charge in [-0.1, -0.05) is 23.7 Å². The van der Waals surface area contributed by atoms with Crippen molar-refractivity contribution in [3.8, 4) is 0 Å². The molecule has 4 heteroatoms. The predicted octanol–water partition coefficient (Wildman–Crippen LogP) is 4.58. The van der Waals surface area contributed by atoms with E-state index in [1.807, 2.05) is 12.1 Å². The quantitative estimate of drug-likeness (QED) is 0.602. The third kappa shape index (κ3) is 3.34. The van der Waals surface area contributed by atoms with E-state index in [1.165, 1.54) is 12.1 Å². The van der Waals surface area contributed by atoms with Gasteiger partial charge >= 0.3 is 0 Å². The third-order valence-electron chi connectivity index (χ3n) is 2.42. The van der Waals surface area contributed by atoms with Gasteiger partial charge in [0.25, 0.3) is 0 Å². The topological polar surface area (TPSA) is 17.1 Å². The van der Waals surface area contributed by atoms with Crippen molar-refractivity contribution in [2.24, 2.45) is 0 Å². The Balaban J connectivity index is 2.06. The Morgan fingerprint density at radius 1 is 1.17 bits per heavy atom. The van der Waals surface area contributed by atoms with Gasteiger partial charge in [-0.05, 0) is 35.9 Å². The van der Waals surface area contributed by atoms with Crippen LogP contribution in [0.2, 0.25) is 5.02 Å². The largest absolute Gasteiger partial charge is 0.298 e. The molecule has 2 rings (SSSR count). The number of thioether (sulfide) groups is 1. The molecule has 0 fully saturated rings. The van der Waals surface area contributed by atoms with Crippen LogP contribution < -0.4 is 0 Å². The molecule has 92 valence electrons. The number of hydrogen-bond donors (Lipinski definition) is 0. The fourth-order valence-electron chi connectivity index (χ4n) is 1.46. The van der Waals surface area contributed by atoms with E-state index in [4.69, 9.17) is 11.6 Å². The molecule has 0 radical (unpaired) electrons. The van der Waals surface area contributed by atoms with E-state index in [9.17, 15) is 9.18 Å². The van der Waals surface area contributed by atoms with E-state index in [2.05, 4.69) is 0 Å². The minimum atomic E-state index is -0.286. The van der Waals surface area contributed by atoms with Crippen LogP contribution in [0.5, 0.6) is 0 Å². The van der Waals surface area contributed by atoms with Crippen LogP contribution in [-0.2, 0) is 5.75 Å². The van der Waals surface area contributed by atoms with Gasteiger partial charge in [-0.15, -0.1) is 11.8 Å². The summed E-state index contributed by atoms with van der Waals surface area (Å²) >= 11 is 7.53. The van der Waals surface area contributed by atoms with Crippen molar-refractivity contribution in [2.75, 3.05) is 0 Å². The second kappa shape index (κ2) is 6.03. The van der Waals surface area contributed by atoms with Crippen molar-refractivity contribution >= 4 is 29.6 Å². The molecular weight excluding hydrogens is 271 g/mol. The van der Waals surface area contributed by atoms with Crippen LogP contribution in [0.1, 0.15) is 15.9 Å². The average Bonchev–Trinajstić information content (AvgIpc) is 2.40. The van der Waals surface area contributed by atoms with Gasteiger partial charge in [0.05, 0.1) is 0 Å². The maximum absolute atomic E-state index is 13.1. The maximum atomic E-state index is 13.1. The zero-order chi connectivity index (χ0) is 13.0. The normalized spacial score (nSPS) is 10.3.